The molecule has 5 rings (SSSR count). The van der Waals surface area contributed by atoms with Gasteiger partial charge in [-0.1, -0.05) is 30.3 Å². The van der Waals surface area contributed by atoms with Gasteiger partial charge in [-0.05, 0) is 87.1 Å². The number of amides is 3. The SMILES string of the molecule is CC(=O)N1CCC(n2ccc(-c3cncc(C(=O)N[C@H](C)c4ccc(-c5cc(C(F)(F)F)ccc5CNC(=O)OC(C)(C)C)cc4)c3)n2)CC1. The van der Waals surface area contributed by atoms with Crippen LogP contribution in [0.4, 0.5) is 18.0 Å². The van der Waals surface area contributed by atoms with Gasteiger partial charge in [-0.15, -0.1) is 0 Å². The molecule has 0 spiro atoms. The van der Waals surface area contributed by atoms with Crippen molar-refractivity contribution in [2.75, 3.05) is 13.1 Å². The number of aromatic nitrogens is 3. The van der Waals surface area contributed by atoms with Crippen molar-refractivity contribution in [2.24, 2.45) is 0 Å². The monoisotopic (exact) mass is 690 g/mol. The number of benzene rings is 2. The summed E-state index contributed by atoms with van der Waals surface area (Å²) < 4.78 is 48.1. The first-order chi connectivity index (χ1) is 23.6. The van der Waals surface area contributed by atoms with Crippen molar-refractivity contribution >= 4 is 17.9 Å². The lowest BCUT2D eigenvalue weighted by Crippen LogP contribution is -2.37. The molecule has 264 valence electrons. The number of nitrogens with zero attached hydrogens (tertiary/aromatic N) is 4. The fourth-order valence-corrected chi connectivity index (χ4v) is 5.82. The minimum absolute atomic E-state index is 0.0373. The number of piperidine rings is 1. The van der Waals surface area contributed by atoms with Crippen molar-refractivity contribution in [3.8, 4) is 22.4 Å². The zero-order valence-corrected chi connectivity index (χ0v) is 28.7. The summed E-state index contributed by atoms with van der Waals surface area (Å²) >= 11 is 0. The van der Waals surface area contributed by atoms with E-state index in [4.69, 9.17) is 9.84 Å². The Morgan fingerprint density at radius 1 is 0.960 bits per heavy atom. The second-order valence-electron chi connectivity index (χ2n) is 13.4. The van der Waals surface area contributed by atoms with Crippen LogP contribution in [-0.2, 0) is 22.3 Å². The van der Waals surface area contributed by atoms with Gasteiger partial charge >= 0.3 is 12.3 Å². The van der Waals surface area contributed by atoms with Gasteiger partial charge in [0.15, 0.2) is 0 Å². The molecule has 0 bridgehead atoms. The Morgan fingerprint density at radius 2 is 1.66 bits per heavy atom. The third-order valence-electron chi connectivity index (χ3n) is 8.52. The number of ether oxygens (including phenoxy) is 1. The summed E-state index contributed by atoms with van der Waals surface area (Å²) in [6, 6.07) is 13.6. The van der Waals surface area contributed by atoms with E-state index in [1.54, 1.807) is 64.2 Å². The van der Waals surface area contributed by atoms with Crippen LogP contribution in [0.2, 0.25) is 0 Å². The van der Waals surface area contributed by atoms with Crippen molar-refractivity contribution in [2.45, 2.75) is 77.9 Å². The molecule has 13 heteroatoms. The molecule has 1 saturated heterocycles. The quantitative estimate of drug-likeness (QED) is 0.200. The first-order valence-corrected chi connectivity index (χ1v) is 16.4. The number of halogens is 3. The third-order valence-corrected chi connectivity index (χ3v) is 8.52. The molecule has 2 N–H and O–H groups in total. The van der Waals surface area contributed by atoms with Gasteiger partial charge in [0, 0.05) is 50.7 Å². The summed E-state index contributed by atoms with van der Waals surface area (Å²) in [4.78, 5) is 43.3. The lowest BCUT2D eigenvalue weighted by molar-refractivity contribution is -0.137. The summed E-state index contributed by atoms with van der Waals surface area (Å²) in [7, 11) is 0. The van der Waals surface area contributed by atoms with Gasteiger partial charge in [-0.3, -0.25) is 19.3 Å². The summed E-state index contributed by atoms with van der Waals surface area (Å²) in [5, 5.41) is 10.3. The van der Waals surface area contributed by atoms with Gasteiger partial charge in [-0.2, -0.15) is 18.3 Å². The molecule has 0 aliphatic carbocycles. The molecule has 3 amide bonds. The average Bonchev–Trinajstić information content (AvgIpc) is 3.57. The van der Waals surface area contributed by atoms with Gasteiger partial charge < -0.3 is 20.3 Å². The maximum atomic E-state index is 13.6. The Labute approximate surface area is 289 Å². The minimum atomic E-state index is -4.55. The number of nitrogens with one attached hydrogen (secondary N) is 2. The van der Waals surface area contributed by atoms with E-state index >= 15 is 0 Å². The smallest absolute Gasteiger partial charge is 0.416 e. The van der Waals surface area contributed by atoms with E-state index in [-0.39, 0.29) is 24.4 Å². The molecule has 10 nitrogen and oxygen atoms in total. The number of alkyl carbamates (subject to hydrolysis) is 1. The molecule has 0 saturated carbocycles. The molecule has 2 aromatic heterocycles. The van der Waals surface area contributed by atoms with Gasteiger partial charge in [0.05, 0.1) is 28.9 Å². The van der Waals surface area contributed by atoms with Crippen LogP contribution in [0.25, 0.3) is 22.4 Å². The lowest BCUT2D eigenvalue weighted by atomic mass is 9.95. The fourth-order valence-electron chi connectivity index (χ4n) is 5.82. The molecule has 0 radical (unpaired) electrons. The number of alkyl halides is 3. The van der Waals surface area contributed by atoms with Crippen LogP contribution in [-0.4, -0.2) is 56.3 Å². The Hall–Kier alpha value is -5.20. The van der Waals surface area contributed by atoms with E-state index in [0.29, 0.717) is 46.6 Å². The number of likely N-dealkylation sites (tertiary alicyclic amines) is 1. The van der Waals surface area contributed by atoms with Crippen molar-refractivity contribution in [1.82, 2.24) is 30.3 Å². The van der Waals surface area contributed by atoms with Crippen molar-refractivity contribution in [3.05, 3.63) is 95.4 Å². The molecule has 0 unspecified atom stereocenters. The summed E-state index contributed by atoms with van der Waals surface area (Å²) in [6.07, 6.45) is 1.42. The van der Waals surface area contributed by atoms with Gasteiger partial charge in [0.2, 0.25) is 5.91 Å². The Balaban J connectivity index is 1.26. The molecule has 50 heavy (non-hydrogen) atoms. The van der Waals surface area contributed by atoms with E-state index < -0.39 is 29.5 Å². The maximum absolute atomic E-state index is 13.6. The van der Waals surface area contributed by atoms with Crippen LogP contribution in [0.1, 0.15) is 86.6 Å². The van der Waals surface area contributed by atoms with Gasteiger partial charge in [0.1, 0.15) is 5.60 Å². The lowest BCUT2D eigenvalue weighted by Gasteiger charge is -2.31. The highest BCUT2D eigenvalue weighted by Crippen LogP contribution is 2.35. The average molecular weight is 691 g/mol. The second kappa shape index (κ2) is 14.7. The first-order valence-electron chi connectivity index (χ1n) is 16.4. The number of rotatable bonds is 8. The van der Waals surface area contributed by atoms with E-state index in [9.17, 15) is 27.6 Å². The van der Waals surface area contributed by atoms with E-state index in [2.05, 4.69) is 15.6 Å². The van der Waals surface area contributed by atoms with E-state index in [0.717, 1.165) is 30.5 Å². The van der Waals surface area contributed by atoms with Gasteiger partial charge in [-0.25, -0.2) is 4.79 Å². The van der Waals surface area contributed by atoms with Crippen LogP contribution >= 0.6 is 0 Å². The van der Waals surface area contributed by atoms with Crippen LogP contribution in [0.15, 0.2) is 73.2 Å². The fraction of sp³-hybridized carbons (Fsp3) is 0.378. The molecule has 2 aromatic carbocycles. The second-order valence-corrected chi connectivity index (χ2v) is 13.4. The van der Waals surface area contributed by atoms with Crippen LogP contribution in [0.3, 0.4) is 0 Å². The molecule has 1 aliphatic heterocycles. The van der Waals surface area contributed by atoms with Crippen LogP contribution in [0.5, 0.6) is 0 Å². The highest BCUT2D eigenvalue weighted by molar-refractivity contribution is 5.95. The molecule has 3 heterocycles. The predicted molar refractivity (Wildman–Crippen MR) is 182 cm³/mol. The van der Waals surface area contributed by atoms with Gasteiger partial charge in [0.25, 0.3) is 5.91 Å². The third kappa shape index (κ3) is 9.07. The Morgan fingerprint density at radius 3 is 2.30 bits per heavy atom. The number of hydrogen-bond donors (Lipinski definition) is 2. The Bertz CT molecular complexity index is 1840. The molecular formula is C37H41F3N6O4. The standard InChI is InChI=1S/C37H41F3N6O4/c1-23(43-34(48)29-18-28(20-41-21-29)33-14-17-46(44-33)31-12-15-45(16-13-31)24(2)47)25-6-8-26(9-7-25)32-19-30(37(38,39)40)11-10-27(32)22-42-35(49)50-36(3,4)5/h6-11,14,17-21,23,31H,12-13,15-16,22H2,1-5H3,(H,42,49)(H,43,48)/t23-/m1/s1. The summed E-state index contributed by atoms with van der Waals surface area (Å²) in [5.41, 5.74) is 2.22. The molecule has 1 aliphatic rings. The normalized spacial score (nSPS) is 14.6. The molecule has 1 fully saturated rings. The maximum Gasteiger partial charge on any atom is 0.416 e. The topological polar surface area (TPSA) is 118 Å². The Kier molecular flexibility index (Phi) is 10.6. The van der Waals surface area contributed by atoms with E-state index in [1.807, 2.05) is 28.8 Å². The number of pyridine rings is 1. The summed E-state index contributed by atoms with van der Waals surface area (Å²) in [5.74, 6) is -0.271. The van der Waals surface area contributed by atoms with Crippen molar-refractivity contribution in [1.29, 1.82) is 0 Å². The summed E-state index contributed by atoms with van der Waals surface area (Å²) in [6.45, 7) is 9.88. The number of hydrogen-bond acceptors (Lipinski definition) is 6. The largest absolute Gasteiger partial charge is 0.444 e. The van der Waals surface area contributed by atoms with Crippen LogP contribution < -0.4 is 10.6 Å². The van der Waals surface area contributed by atoms with Crippen LogP contribution in [0, 0.1) is 0 Å². The molecule has 4 aromatic rings. The zero-order chi connectivity index (χ0) is 36.2. The zero-order valence-electron chi connectivity index (χ0n) is 28.7. The van der Waals surface area contributed by atoms with Crippen molar-refractivity contribution < 1.29 is 32.3 Å². The highest BCUT2D eigenvalue weighted by Gasteiger charge is 2.31. The highest BCUT2D eigenvalue weighted by atomic mass is 19.4. The van der Waals surface area contributed by atoms with Crippen molar-refractivity contribution in [3.63, 3.8) is 0 Å². The number of carbonyl (C=O) groups is 3. The predicted octanol–water partition coefficient (Wildman–Crippen LogP) is 7.33. The molecular weight excluding hydrogens is 649 g/mol. The minimum Gasteiger partial charge on any atom is -0.444 e. The van der Waals surface area contributed by atoms with E-state index in [1.165, 1.54) is 12.3 Å². The first kappa shape index (κ1) is 36.1. The molecule has 1 atom stereocenters. The number of carbonyl (C=O) groups excluding carboxylic acids is 3.